The molecule has 0 aliphatic heterocycles. The van der Waals surface area contributed by atoms with E-state index in [0.717, 1.165) is 4.88 Å². The third-order valence-electron chi connectivity index (χ3n) is 2.33. The van der Waals surface area contributed by atoms with E-state index in [1.807, 2.05) is 29.8 Å². The number of halogens is 3. The Balaban J connectivity index is 2.40. The summed E-state index contributed by atoms with van der Waals surface area (Å²) in [7, 11) is 0. The van der Waals surface area contributed by atoms with Crippen LogP contribution in [0.2, 0.25) is 0 Å². The van der Waals surface area contributed by atoms with Crippen LogP contribution in [0.4, 0.5) is 13.2 Å². The molecular weight excluding hydrogens is 265 g/mol. The minimum Gasteiger partial charge on any atom is -0.346 e. The molecule has 0 saturated heterocycles. The summed E-state index contributed by atoms with van der Waals surface area (Å²) in [6.07, 6.45) is -4.38. The van der Waals surface area contributed by atoms with Gasteiger partial charge in [-0.3, -0.25) is 10.1 Å². The Bertz CT molecular complexity index is 378. The van der Waals surface area contributed by atoms with Crippen LogP contribution < -0.4 is 10.6 Å². The van der Waals surface area contributed by atoms with Gasteiger partial charge in [-0.1, -0.05) is 6.07 Å². The molecule has 0 aromatic carbocycles. The molecule has 0 aliphatic carbocycles. The third-order valence-corrected chi connectivity index (χ3v) is 3.38. The van der Waals surface area contributed by atoms with Crippen LogP contribution in [0.5, 0.6) is 0 Å². The van der Waals surface area contributed by atoms with Crippen molar-refractivity contribution in [2.75, 3.05) is 6.54 Å². The van der Waals surface area contributed by atoms with Gasteiger partial charge in [0.2, 0.25) is 5.91 Å². The van der Waals surface area contributed by atoms with Crippen molar-refractivity contribution < 1.29 is 18.0 Å². The zero-order valence-corrected chi connectivity index (χ0v) is 10.9. The lowest BCUT2D eigenvalue weighted by molar-refractivity contribution is -0.139. The number of carbonyl (C=O) groups excluding carboxylic acids is 1. The summed E-state index contributed by atoms with van der Waals surface area (Å²) in [4.78, 5) is 12.5. The molecule has 1 rings (SSSR count). The van der Waals surface area contributed by atoms with Crippen LogP contribution in [0.1, 0.15) is 24.8 Å². The standard InChI is InChI=1S/C11H15F3N2OS/c1-7(9-4-3-5-18-9)16-8(2)10(17)15-6-11(12,13)14/h3-5,7-8,16H,6H2,1-2H3,(H,15,17). The van der Waals surface area contributed by atoms with E-state index in [1.165, 1.54) is 18.3 Å². The van der Waals surface area contributed by atoms with E-state index >= 15 is 0 Å². The van der Waals surface area contributed by atoms with Gasteiger partial charge in [-0.25, -0.2) is 0 Å². The number of nitrogens with one attached hydrogen (secondary N) is 2. The lowest BCUT2D eigenvalue weighted by Gasteiger charge is -2.19. The fourth-order valence-electron chi connectivity index (χ4n) is 1.41. The SMILES string of the molecule is CC(NC(C)c1cccs1)C(=O)NCC(F)(F)F. The van der Waals surface area contributed by atoms with Crippen LogP contribution in [0.15, 0.2) is 17.5 Å². The average Bonchev–Trinajstić information content (AvgIpc) is 2.77. The first-order chi connectivity index (χ1) is 8.29. The number of carbonyl (C=O) groups is 1. The summed E-state index contributed by atoms with van der Waals surface area (Å²) in [5.74, 6) is -0.657. The van der Waals surface area contributed by atoms with Gasteiger partial charge in [-0.15, -0.1) is 11.3 Å². The highest BCUT2D eigenvalue weighted by atomic mass is 32.1. The van der Waals surface area contributed by atoms with Crippen LogP contribution in [0.25, 0.3) is 0 Å². The summed E-state index contributed by atoms with van der Waals surface area (Å²) in [5, 5.41) is 6.70. The van der Waals surface area contributed by atoms with E-state index in [1.54, 1.807) is 0 Å². The topological polar surface area (TPSA) is 41.1 Å². The molecule has 0 fully saturated rings. The van der Waals surface area contributed by atoms with Crippen molar-refractivity contribution in [2.45, 2.75) is 32.1 Å². The minimum absolute atomic E-state index is 0.0726. The fraction of sp³-hybridized carbons (Fsp3) is 0.545. The number of amides is 1. The average molecular weight is 280 g/mol. The highest BCUT2D eigenvalue weighted by Crippen LogP contribution is 2.18. The largest absolute Gasteiger partial charge is 0.405 e. The van der Waals surface area contributed by atoms with Gasteiger partial charge in [-0.05, 0) is 25.3 Å². The lowest BCUT2D eigenvalue weighted by atomic mass is 10.2. The Morgan fingerprint density at radius 2 is 2.11 bits per heavy atom. The molecule has 18 heavy (non-hydrogen) atoms. The molecule has 0 bridgehead atoms. The van der Waals surface area contributed by atoms with Crippen LogP contribution in [-0.2, 0) is 4.79 Å². The van der Waals surface area contributed by atoms with E-state index < -0.39 is 24.7 Å². The normalized spacial score (nSPS) is 15.2. The molecule has 1 amide bonds. The molecule has 2 unspecified atom stereocenters. The summed E-state index contributed by atoms with van der Waals surface area (Å²) < 4.78 is 35.8. The van der Waals surface area contributed by atoms with E-state index in [4.69, 9.17) is 0 Å². The molecule has 1 heterocycles. The van der Waals surface area contributed by atoms with Crippen LogP contribution in [0, 0.1) is 0 Å². The van der Waals surface area contributed by atoms with Gasteiger partial charge < -0.3 is 5.32 Å². The van der Waals surface area contributed by atoms with E-state index in [9.17, 15) is 18.0 Å². The van der Waals surface area contributed by atoms with Gasteiger partial charge in [0.25, 0.3) is 0 Å². The van der Waals surface area contributed by atoms with Crippen molar-refractivity contribution in [1.82, 2.24) is 10.6 Å². The molecule has 0 radical (unpaired) electrons. The zero-order valence-electron chi connectivity index (χ0n) is 10.0. The molecule has 0 aliphatic rings. The molecule has 0 saturated carbocycles. The Kier molecular flexibility index (Phi) is 5.15. The first-order valence-electron chi connectivity index (χ1n) is 5.43. The third kappa shape index (κ3) is 5.05. The minimum atomic E-state index is -4.38. The highest BCUT2D eigenvalue weighted by Gasteiger charge is 2.28. The molecule has 0 spiro atoms. The number of rotatable bonds is 5. The Morgan fingerprint density at radius 3 is 2.61 bits per heavy atom. The first kappa shape index (κ1) is 15.0. The monoisotopic (exact) mass is 280 g/mol. The summed E-state index contributed by atoms with van der Waals surface area (Å²) in [5.41, 5.74) is 0. The van der Waals surface area contributed by atoms with Crippen molar-refractivity contribution in [3.05, 3.63) is 22.4 Å². The predicted molar refractivity (Wildman–Crippen MR) is 64.4 cm³/mol. The molecule has 2 N–H and O–H groups in total. The maximum absolute atomic E-state index is 11.9. The zero-order chi connectivity index (χ0) is 13.8. The van der Waals surface area contributed by atoms with Gasteiger partial charge >= 0.3 is 6.18 Å². The smallest absolute Gasteiger partial charge is 0.346 e. The maximum atomic E-state index is 11.9. The summed E-state index contributed by atoms with van der Waals surface area (Å²) in [6, 6.07) is 3.04. The second-order valence-electron chi connectivity index (χ2n) is 3.96. The van der Waals surface area contributed by atoms with Gasteiger partial charge in [-0.2, -0.15) is 13.2 Å². The molecule has 3 nitrogen and oxygen atoms in total. The number of hydrogen-bond acceptors (Lipinski definition) is 3. The van der Waals surface area contributed by atoms with Crippen LogP contribution in [-0.4, -0.2) is 24.7 Å². The summed E-state index contributed by atoms with van der Waals surface area (Å²) >= 11 is 1.53. The quantitative estimate of drug-likeness (QED) is 0.870. The van der Waals surface area contributed by atoms with Crippen LogP contribution >= 0.6 is 11.3 Å². The van der Waals surface area contributed by atoms with Gasteiger partial charge in [0.15, 0.2) is 0 Å². The maximum Gasteiger partial charge on any atom is 0.405 e. The molecular formula is C11H15F3N2OS. The Hall–Kier alpha value is -1.08. The number of hydrogen-bond donors (Lipinski definition) is 2. The Morgan fingerprint density at radius 1 is 1.44 bits per heavy atom. The van der Waals surface area contributed by atoms with Crippen molar-refractivity contribution in [2.24, 2.45) is 0 Å². The van der Waals surface area contributed by atoms with Crippen molar-refractivity contribution >= 4 is 17.2 Å². The molecule has 102 valence electrons. The van der Waals surface area contributed by atoms with Crippen LogP contribution in [0.3, 0.4) is 0 Å². The summed E-state index contributed by atoms with van der Waals surface area (Å²) in [6.45, 7) is 2.10. The molecule has 2 atom stereocenters. The fourth-order valence-corrected chi connectivity index (χ4v) is 2.15. The van der Waals surface area contributed by atoms with Gasteiger partial charge in [0, 0.05) is 10.9 Å². The number of alkyl halides is 3. The Labute approximate surface area is 107 Å². The second-order valence-corrected chi connectivity index (χ2v) is 4.94. The molecule has 7 heteroatoms. The first-order valence-corrected chi connectivity index (χ1v) is 6.31. The predicted octanol–water partition coefficient (Wildman–Crippen LogP) is 2.47. The second kappa shape index (κ2) is 6.19. The van der Waals surface area contributed by atoms with Crippen molar-refractivity contribution in [3.8, 4) is 0 Å². The van der Waals surface area contributed by atoms with E-state index in [2.05, 4.69) is 5.32 Å². The van der Waals surface area contributed by atoms with Crippen molar-refractivity contribution in [3.63, 3.8) is 0 Å². The number of thiophene rings is 1. The van der Waals surface area contributed by atoms with E-state index in [-0.39, 0.29) is 6.04 Å². The van der Waals surface area contributed by atoms with E-state index in [0.29, 0.717) is 0 Å². The van der Waals surface area contributed by atoms with Gasteiger partial charge in [0.05, 0.1) is 6.04 Å². The molecule has 1 aromatic rings. The van der Waals surface area contributed by atoms with Crippen molar-refractivity contribution in [1.29, 1.82) is 0 Å². The lowest BCUT2D eigenvalue weighted by Crippen LogP contribution is -2.45. The highest BCUT2D eigenvalue weighted by molar-refractivity contribution is 7.10. The van der Waals surface area contributed by atoms with Gasteiger partial charge in [0.1, 0.15) is 6.54 Å². The molecule has 1 aromatic heterocycles.